The molecule has 76 valence electrons. The Morgan fingerprint density at radius 2 is 2.14 bits per heavy atom. The van der Waals surface area contributed by atoms with Crippen molar-refractivity contribution in [3.8, 4) is 0 Å². The maximum atomic E-state index is 13.4. The van der Waals surface area contributed by atoms with Crippen LogP contribution in [0.1, 0.15) is 25.3 Å². The van der Waals surface area contributed by atoms with Gasteiger partial charge in [0.05, 0.1) is 5.60 Å². The first-order valence-corrected chi connectivity index (χ1v) is 4.72. The van der Waals surface area contributed by atoms with Crippen LogP contribution in [0.25, 0.3) is 0 Å². The van der Waals surface area contributed by atoms with E-state index in [9.17, 15) is 9.50 Å². The van der Waals surface area contributed by atoms with Crippen LogP contribution in [0.15, 0.2) is 36.9 Å². The largest absolute Gasteiger partial charge is 0.385 e. The molecule has 2 heteroatoms. The maximum Gasteiger partial charge on any atom is 0.129 e. The van der Waals surface area contributed by atoms with Gasteiger partial charge in [-0.1, -0.05) is 31.2 Å². The van der Waals surface area contributed by atoms with Crippen LogP contribution >= 0.6 is 0 Å². The second-order valence-corrected chi connectivity index (χ2v) is 3.36. The first kappa shape index (κ1) is 10.9. The Kier molecular flexibility index (Phi) is 3.42. The van der Waals surface area contributed by atoms with Crippen molar-refractivity contribution >= 4 is 0 Å². The molecule has 0 aliphatic heterocycles. The van der Waals surface area contributed by atoms with E-state index in [1.807, 2.05) is 6.92 Å². The van der Waals surface area contributed by atoms with Crippen LogP contribution in [-0.4, -0.2) is 5.11 Å². The minimum Gasteiger partial charge on any atom is -0.385 e. The van der Waals surface area contributed by atoms with Crippen LogP contribution in [0.3, 0.4) is 0 Å². The lowest BCUT2D eigenvalue weighted by Gasteiger charge is -2.26. The molecule has 0 aromatic heterocycles. The van der Waals surface area contributed by atoms with Gasteiger partial charge in [0.15, 0.2) is 0 Å². The fourth-order valence-corrected chi connectivity index (χ4v) is 1.52. The molecule has 0 spiro atoms. The lowest BCUT2D eigenvalue weighted by molar-refractivity contribution is 0.0320. The Labute approximate surface area is 83.9 Å². The molecular formula is C12H15FO. The molecule has 0 amide bonds. The quantitative estimate of drug-likeness (QED) is 0.730. The summed E-state index contributed by atoms with van der Waals surface area (Å²) >= 11 is 0. The maximum absolute atomic E-state index is 13.4. The molecule has 0 aliphatic carbocycles. The van der Waals surface area contributed by atoms with E-state index < -0.39 is 5.60 Å². The van der Waals surface area contributed by atoms with Crippen molar-refractivity contribution in [2.24, 2.45) is 0 Å². The van der Waals surface area contributed by atoms with Crippen molar-refractivity contribution in [3.05, 3.63) is 48.3 Å². The van der Waals surface area contributed by atoms with Crippen LogP contribution in [0.4, 0.5) is 4.39 Å². The first-order chi connectivity index (χ1) is 6.64. The standard InChI is InChI=1S/C12H15FO/c1-3-9-12(14,4-2)10-7-5-6-8-11(10)13/h3,5-8,14H,1,4,9H2,2H3. The molecule has 1 aromatic carbocycles. The van der Waals surface area contributed by atoms with Crippen molar-refractivity contribution in [1.29, 1.82) is 0 Å². The summed E-state index contributed by atoms with van der Waals surface area (Å²) < 4.78 is 13.4. The normalized spacial score (nSPS) is 14.8. The SMILES string of the molecule is C=CCC(O)(CC)c1ccccc1F. The summed E-state index contributed by atoms with van der Waals surface area (Å²) in [7, 11) is 0. The second kappa shape index (κ2) is 4.38. The number of rotatable bonds is 4. The molecular weight excluding hydrogens is 179 g/mol. The zero-order chi connectivity index (χ0) is 10.6. The van der Waals surface area contributed by atoms with E-state index in [1.54, 1.807) is 24.3 Å². The number of halogens is 1. The van der Waals surface area contributed by atoms with Gasteiger partial charge >= 0.3 is 0 Å². The van der Waals surface area contributed by atoms with Gasteiger partial charge in [0, 0.05) is 5.56 Å². The topological polar surface area (TPSA) is 20.2 Å². The molecule has 1 rings (SSSR count). The minimum atomic E-state index is -1.12. The summed E-state index contributed by atoms with van der Waals surface area (Å²) in [4.78, 5) is 0. The van der Waals surface area contributed by atoms with Crippen LogP contribution in [0.2, 0.25) is 0 Å². The zero-order valence-electron chi connectivity index (χ0n) is 8.33. The molecule has 0 aliphatic rings. The number of hydrogen-bond acceptors (Lipinski definition) is 1. The van der Waals surface area contributed by atoms with Gasteiger partial charge in [-0.15, -0.1) is 6.58 Å². The van der Waals surface area contributed by atoms with E-state index in [0.29, 0.717) is 18.4 Å². The van der Waals surface area contributed by atoms with Crippen molar-refractivity contribution in [1.82, 2.24) is 0 Å². The highest BCUT2D eigenvalue weighted by molar-refractivity contribution is 5.24. The van der Waals surface area contributed by atoms with Crippen LogP contribution < -0.4 is 0 Å². The molecule has 0 fully saturated rings. The van der Waals surface area contributed by atoms with Gasteiger partial charge in [0.2, 0.25) is 0 Å². The predicted octanol–water partition coefficient (Wildman–Crippen LogP) is 3.00. The number of benzene rings is 1. The minimum absolute atomic E-state index is 0.349. The Morgan fingerprint density at radius 1 is 1.50 bits per heavy atom. The van der Waals surface area contributed by atoms with Crippen LogP contribution in [-0.2, 0) is 5.60 Å². The number of hydrogen-bond donors (Lipinski definition) is 1. The van der Waals surface area contributed by atoms with E-state index in [4.69, 9.17) is 0 Å². The van der Waals surface area contributed by atoms with Gasteiger partial charge in [-0.3, -0.25) is 0 Å². The molecule has 1 nitrogen and oxygen atoms in total. The van der Waals surface area contributed by atoms with E-state index in [1.165, 1.54) is 6.07 Å². The third-order valence-corrected chi connectivity index (χ3v) is 2.44. The third kappa shape index (κ3) is 2.02. The fraction of sp³-hybridized carbons (Fsp3) is 0.333. The van der Waals surface area contributed by atoms with Gasteiger partial charge in [-0.25, -0.2) is 4.39 Å². The molecule has 1 aromatic rings. The summed E-state index contributed by atoms with van der Waals surface area (Å²) in [6, 6.07) is 6.31. The van der Waals surface area contributed by atoms with Crippen molar-refractivity contribution in [2.45, 2.75) is 25.4 Å². The smallest absolute Gasteiger partial charge is 0.129 e. The second-order valence-electron chi connectivity index (χ2n) is 3.36. The molecule has 1 N–H and O–H groups in total. The number of aliphatic hydroxyl groups is 1. The van der Waals surface area contributed by atoms with Crippen molar-refractivity contribution in [3.63, 3.8) is 0 Å². The van der Waals surface area contributed by atoms with E-state index in [-0.39, 0.29) is 5.82 Å². The highest BCUT2D eigenvalue weighted by Gasteiger charge is 2.28. The van der Waals surface area contributed by atoms with Gasteiger partial charge < -0.3 is 5.11 Å². The first-order valence-electron chi connectivity index (χ1n) is 4.72. The lowest BCUT2D eigenvalue weighted by Crippen LogP contribution is -2.25. The monoisotopic (exact) mass is 194 g/mol. The van der Waals surface area contributed by atoms with E-state index in [2.05, 4.69) is 6.58 Å². The van der Waals surface area contributed by atoms with E-state index in [0.717, 1.165) is 0 Å². The fourth-order valence-electron chi connectivity index (χ4n) is 1.52. The summed E-state index contributed by atoms with van der Waals surface area (Å²) in [6.07, 6.45) is 2.44. The summed E-state index contributed by atoms with van der Waals surface area (Å²) in [6.45, 7) is 5.40. The van der Waals surface area contributed by atoms with E-state index >= 15 is 0 Å². The van der Waals surface area contributed by atoms with Gasteiger partial charge in [-0.2, -0.15) is 0 Å². The van der Waals surface area contributed by atoms with Crippen molar-refractivity contribution < 1.29 is 9.50 Å². The van der Waals surface area contributed by atoms with Gasteiger partial charge in [-0.05, 0) is 18.9 Å². The molecule has 0 bridgehead atoms. The highest BCUT2D eigenvalue weighted by atomic mass is 19.1. The molecule has 14 heavy (non-hydrogen) atoms. The van der Waals surface area contributed by atoms with Gasteiger partial charge in [0.1, 0.15) is 5.82 Å². The average Bonchev–Trinajstić information content (AvgIpc) is 2.18. The van der Waals surface area contributed by atoms with Gasteiger partial charge in [0.25, 0.3) is 0 Å². The Hall–Kier alpha value is -1.15. The average molecular weight is 194 g/mol. The van der Waals surface area contributed by atoms with Crippen LogP contribution in [0, 0.1) is 5.82 Å². The molecule has 0 saturated heterocycles. The molecule has 1 unspecified atom stereocenters. The Morgan fingerprint density at radius 3 is 2.64 bits per heavy atom. The predicted molar refractivity (Wildman–Crippen MR) is 55.4 cm³/mol. The third-order valence-electron chi connectivity index (χ3n) is 2.44. The summed E-state index contributed by atoms with van der Waals surface area (Å²) in [5.74, 6) is -0.362. The summed E-state index contributed by atoms with van der Waals surface area (Å²) in [5.41, 5.74) is -0.769. The van der Waals surface area contributed by atoms with Crippen molar-refractivity contribution in [2.75, 3.05) is 0 Å². The summed E-state index contributed by atoms with van der Waals surface area (Å²) in [5, 5.41) is 10.2. The molecule has 0 heterocycles. The zero-order valence-corrected chi connectivity index (χ0v) is 8.33. The van der Waals surface area contributed by atoms with Crippen LogP contribution in [0.5, 0.6) is 0 Å². The molecule has 0 radical (unpaired) electrons. The lowest BCUT2D eigenvalue weighted by atomic mass is 9.87. The Balaban J connectivity index is 3.11. The highest BCUT2D eigenvalue weighted by Crippen LogP contribution is 2.30. The molecule has 1 atom stereocenters. The molecule has 0 saturated carbocycles. The Bertz CT molecular complexity index is 322.